The van der Waals surface area contributed by atoms with E-state index in [1.54, 1.807) is 206 Å². The van der Waals surface area contributed by atoms with Crippen LogP contribution in [0.2, 0.25) is 0 Å². The predicted molar refractivity (Wildman–Crippen MR) is 511 cm³/mol. The molecule has 16 rings (SSSR count). The molecule has 0 spiro atoms. The first-order valence-corrected chi connectivity index (χ1v) is 44.0. The van der Waals surface area contributed by atoms with Gasteiger partial charge in [-0.1, -0.05) is 71.6 Å². The molecule has 0 bridgehead atoms. The lowest BCUT2D eigenvalue weighted by Crippen LogP contribution is -2.50. The molecule has 0 aliphatic carbocycles. The summed E-state index contributed by atoms with van der Waals surface area (Å²) in [6.45, 7) is 16.4. The summed E-state index contributed by atoms with van der Waals surface area (Å²) >= 11 is 0. The number of carbonyl (C=O) groups excluding carboxylic acids is 8. The number of aryl methyl sites for hydroxylation is 2. The van der Waals surface area contributed by atoms with Crippen LogP contribution < -0.4 is 59.8 Å². The Hall–Kier alpha value is -16.8. The number of benzene rings is 4. The summed E-state index contributed by atoms with van der Waals surface area (Å²) in [6, 6.07) is 28.3. The monoisotopic (exact) mass is 1900 g/mol. The fraction of sp³-hybridized carbons (Fsp3) is 0.294. The van der Waals surface area contributed by atoms with E-state index in [1.165, 1.54) is 78.3 Å². The van der Waals surface area contributed by atoms with Crippen LogP contribution in [-0.4, -0.2) is 228 Å². The number of likely N-dealkylation sites (N-methyl/N-ethyl adjacent to an activating group) is 4. The minimum absolute atomic E-state index is 0.0280. The SMILES string of the molecule is CN1C(=O)C(NC(=O)n2cc(Cc3ccc(F)nc3)cn2)COc2ccc(C#CC(C)(C)O)cc21.CN1C(=O)[C@H](NC(=O)n2cc(Cc3ccc(F)nc3)cn2)COc2ccc(C#CC(C)(C)O)cc21.Cc1ccc(Cc2cnn(C(=O)NC3COc4ccc(C#CC(C)(C)O)cc4N(C)C3=O)c2)cn1.Cc1ccc(Cc2cnn(C(=O)N[C@@H]3COc4ccc(C#CC(C)(C)O)cc4N(C)C3=O)c2)cn1. The lowest BCUT2D eigenvalue weighted by atomic mass is 10.1. The average Bonchev–Trinajstić information content (AvgIpc) is 1.66. The van der Waals surface area contributed by atoms with Crippen molar-refractivity contribution in [3.8, 4) is 70.4 Å². The maximum absolute atomic E-state index is 13.1. The molecule has 0 saturated carbocycles. The molecule has 8 N–H and O–H groups in total. The predicted octanol–water partition coefficient (Wildman–Crippen LogP) is 8.79. The first-order chi connectivity index (χ1) is 66.3. The van der Waals surface area contributed by atoms with E-state index in [0.29, 0.717) is 93.7 Å². The number of aliphatic hydroxyl groups is 4. The lowest BCUT2D eigenvalue weighted by molar-refractivity contribution is -0.121. The molecule has 4 atom stereocenters. The van der Waals surface area contributed by atoms with E-state index in [-0.39, 0.29) is 50.1 Å². The van der Waals surface area contributed by atoms with Gasteiger partial charge in [0.2, 0.25) is 11.9 Å². The molecular weight excluding hydrogens is 1800 g/mol. The Balaban J connectivity index is 0.000000157. The van der Waals surface area contributed by atoms with Crippen LogP contribution in [0.15, 0.2) is 196 Å². The van der Waals surface area contributed by atoms with Crippen molar-refractivity contribution in [2.75, 3.05) is 74.2 Å². The number of anilines is 4. The molecule has 2 unspecified atom stereocenters. The number of hydrogen-bond donors (Lipinski definition) is 8. The number of aromatic nitrogens is 12. The van der Waals surface area contributed by atoms with Crippen LogP contribution in [0.25, 0.3) is 0 Å². The Labute approximate surface area is 805 Å². The van der Waals surface area contributed by atoms with Crippen molar-refractivity contribution in [2.24, 2.45) is 0 Å². The van der Waals surface area contributed by atoms with Crippen LogP contribution >= 0.6 is 0 Å². The normalized spacial score (nSPS) is 15.4. The molecule has 4 aliphatic rings. The number of nitrogens with zero attached hydrogens (tertiary/aromatic N) is 16. The molecule has 4 aliphatic heterocycles. The molecule has 720 valence electrons. The molecule has 0 fully saturated rings. The van der Waals surface area contributed by atoms with Crippen molar-refractivity contribution >= 4 is 70.5 Å². The number of ether oxygens (including phenoxy) is 4. The fourth-order valence-corrected chi connectivity index (χ4v) is 13.9. The summed E-state index contributed by atoms with van der Waals surface area (Å²) in [6.07, 6.45) is 21.0. The lowest BCUT2D eigenvalue weighted by Gasteiger charge is -2.20. The second-order valence-electron chi connectivity index (χ2n) is 35.3. The van der Waals surface area contributed by atoms with Crippen molar-refractivity contribution < 1.29 is 86.5 Å². The second-order valence-corrected chi connectivity index (χ2v) is 35.3. The van der Waals surface area contributed by atoms with Crippen LogP contribution in [-0.2, 0) is 44.9 Å². The van der Waals surface area contributed by atoms with E-state index in [0.717, 1.165) is 65.3 Å². The van der Waals surface area contributed by atoms with Crippen molar-refractivity contribution in [3.05, 3.63) is 286 Å². The second kappa shape index (κ2) is 43.5. The van der Waals surface area contributed by atoms with Gasteiger partial charge in [0.25, 0.3) is 23.6 Å². The number of pyridine rings is 4. The summed E-state index contributed by atoms with van der Waals surface area (Å²) in [5.74, 6) is 21.9. The highest BCUT2D eigenvalue weighted by atomic mass is 19.1. The highest BCUT2D eigenvalue weighted by Gasteiger charge is 2.37. The first-order valence-electron chi connectivity index (χ1n) is 44.0. The largest absolute Gasteiger partial charge is 0.489 e. The molecule has 12 heterocycles. The number of halogens is 2. The average molecular weight is 1900 g/mol. The van der Waals surface area contributed by atoms with Gasteiger partial charge >= 0.3 is 24.1 Å². The number of carbonyl (C=O) groups is 8. The summed E-state index contributed by atoms with van der Waals surface area (Å²) in [7, 11) is 6.41. The summed E-state index contributed by atoms with van der Waals surface area (Å²) < 4.78 is 53.8. The van der Waals surface area contributed by atoms with E-state index in [1.807, 2.05) is 38.1 Å². The highest BCUT2D eigenvalue weighted by molar-refractivity contribution is 6.04. The third-order valence-electron chi connectivity index (χ3n) is 21.2. The highest BCUT2D eigenvalue weighted by Crippen LogP contribution is 2.36. The third-order valence-corrected chi connectivity index (χ3v) is 21.2. The van der Waals surface area contributed by atoms with E-state index in [4.69, 9.17) is 18.9 Å². The Morgan fingerprint density at radius 2 is 0.557 bits per heavy atom. The van der Waals surface area contributed by atoms with Gasteiger partial charge in [-0.15, -0.1) is 0 Å². The van der Waals surface area contributed by atoms with Gasteiger partial charge in [-0.25, -0.2) is 29.1 Å². The van der Waals surface area contributed by atoms with Gasteiger partial charge in [-0.05, 0) is 211 Å². The summed E-state index contributed by atoms with van der Waals surface area (Å²) in [5.41, 5.74) is 8.53. The molecular formula is C102H102F2N20O16. The smallest absolute Gasteiger partial charge is 0.342 e. The number of fused-ring (bicyclic) bond motifs is 4. The number of amides is 8. The standard InChI is InChI=1S/2C26H27N5O4.2C25H24FN5O4/c2*1-17-5-6-19(13-27-17)11-20-14-28-31(15-20)25(33)29-21-16-35-23-8-7-18(9-10-26(2,3)34)12-22(23)30(4)24(21)32;2*1-25(2,34)9-8-16-4-6-21-20(11-16)30(3)23(32)19(15-35-21)29-24(33)31-14-18(13-28-31)10-17-5-7-22(26)27-12-17/h2*5-8,12-15,21,34H,11,16H2,1-4H3,(H,29,33);2*4-7,11-14,19,34H,10,15H2,1-3H3,(H,29,33)/t21-;;19-;/m1.1./s1. The topological polar surface area (TPSA) is 438 Å². The molecule has 0 radical (unpaired) electrons. The Kier molecular flexibility index (Phi) is 31.3. The maximum atomic E-state index is 13.1. The molecule has 38 heteroatoms. The number of rotatable bonds is 12. The van der Waals surface area contributed by atoms with Gasteiger partial charge in [-0.3, -0.25) is 29.1 Å². The summed E-state index contributed by atoms with van der Waals surface area (Å²) in [4.78, 5) is 125. The van der Waals surface area contributed by atoms with Gasteiger partial charge in [0.1, 0.15) is 96.0 Å². The zero-order valence-corrected chi connectivity index (χ0v) is 79.0. The van der Waals surface area contributed by atoms with E-state index >= 15 is 0 Å². The Morgan fingerprint density at radius 1 is 0.336 bits per heavy atom. The molecule has 4 aromatic carbocycles. The molecule has 0 saturated heterocycles. The molecule has 8 aromatic heterocycles. The molecule has 140 heavy (non-hydrogen) atoms. The minimum Gasteiger partial charge on any atom is -0.489 e. The fourth-order valence-electron chi connectivity index (χ4n) is 13.9. The van der Waals surface area contributed by atoms with Crippen LogP contribution in [0.5, 0.6) is 23.0 Å². The quantitative estimate of drug-likeness (QED) is 0.0418. The van der Waals surface area contributed by atoms with Gasteiger partial charge in [0, 0.05) is 137 Å². The van der Waals surface area contributed by atoms with Gasteiger partial charge in [0.05, 0.1) is 47.5 Å². The van der Waals surface area contributed by atoms with Gasteiger partial charge in [0.15, 0.2) is 0 Å². The van der Waals surface area contributed by atoms with E-state index in [9.17, 15) is 67.6 Å². The number of hydrogen-bond acceptors (Lipinski definition) is 24. The van der Waals surface area contributed by atoms with E-state index in [2.05, 4.69) is 109 Å². The zero-order valence-electron chi connectivity index (χ0n) is 79.0. The van der Waals surface area contributed by atoms with Crippen LogP contribution in [0.1, 0.15) is 134 Å². The van der Waals surface area contributed by atoms with Crippen molar-refractivity contribution in [3.63, 3.8) is 0 Å². The van der Waals surface area contributed by atoms with Gasteiger partial charge < -0.3 is 80.2 Å². The molecule has 12 aromatic rings. The third kappa shape index (κ3) is 27.8. The van der Waals surface area contributed by atoms with E-state index < -0.39 is 82.6 Å². The number of nitrogens with one attached hydrogen (secondary N) is 4. The maximum Gasteiger partial charge on any atom is 0.342 e. The van der Waals surface area contributed by atoms with Crippen molar-refractivity contribution in [2.45, 2.75) is 141 Å². The van der Waals surface area contributed by atoms with Crippen LogP contribution in [0.3, 0.4) is 0 Å². The van der Waals surface area contributed by atoms with Crippen molar-refractivity contribution in [1.29, 1.82) is 0 Å². The van der Waals surface area contributed by atoms with Gasteiger partial charge in [-0.2, -0.15) is 47.9 Å². The molecule has 8 amide bonds. The van der Waals surface area contributed by atoms with Crippen LogP contribution in [0, 0.1) is 73.1 Å². The van der Waals surface area contributed by atoms with Crippen LogP contribution in [0.4, 0.5) is 50.7 Å². The minimum atomic E-state index is -1.15. The summed E-state index contributed by atoms with van der Waals surface area (Å²) in [5, 5.41) is 66.5. The Bertz CT molecular complexity index is 6080. The zero-order chi connectivity index (χ0) is 101. The Morgan fingerprint density at radius 3 is 0.757 bits per heavy atom. The molecule has 36 nitrogen and oxygen atoms in total. The van der Waals surface area contributed by atoms with Crippen molar-refractivity contribution in [1.82, 2.24) is 80.3 Å². The first kappa shape index (κ1) is 101.